The van der Waals surface area contributed by atoms with Crippen LogP contribution in [0.15, 0.2) is 48.5 Å². The molecule has 2 aromatic rings. The SMILES string of the molecule is Cc1ccc(C(CN)C(O)CCc2ccccc2)cc1C. The van der Waals surface area contributed by atoms with Gasteiger partial charge in [0.05, 0.1) is 6.10 Å². The summed E-state index contributed by atoms with van der Waals surface area (Å²) in [5.74, 6) is 0.00742. The van der Waals surface area contributed by atoms with Gasteiger partial charge in [0.25, 0.3) is 0 Å². The van der Waals surface area contributed by atoms with Crippen LogP contribution in [0.2, 0.25) is 0 Å². The van der Waals surface area contributed by atoms with Gasteiger partial charge in [-0.15, -0.1) is 0 Å². The van der Waals surface area contributed by atoms with Crippen molar-refractivity contribution < 1.29 is 5.11 Å². The van der Waals surface area contributed by atoms with Crippen molar-refractivity contribution in [3.05, 3.63) is 70.8 Å². The lowest BCUT2D eigenvalue weighted by Crippen LogP contribution is -2.26. The van der Waals surface area contributed by atoms with Crippen LogP contribution in [0.25, 0.3) is 0 Å². The van der Waals surface area contributed by atoms with E-state index in [9.17, 15) is 5.11 Å². The number of rotatable bonds is 6. The Kier molecular flexibility index (Phi) is 5.54. The minimum atomic E-state index is -0.405. The van der Waals surface area contributed by atoms with Gasteiger partial charge in [-0.3, -0.25) is 0 Å². The highest BCUT2D eigenvalue weighted by molar-refractivity contribution is 5.32. The van der Waals surface area contributed by atoms with Gasteiger partial charge in [-0.25, -0.2) is 0 Å². The van der Waals surface area contributed by atoms with Gasteiger partial charge in [0.15, 0.2) is 0 Å². The Hall–Kier alpha value is -1.64. The standard InChI is InChI=1S/C19H25NO/c1-14-8-10-17(12-15(14)2)18(13-20)19(21)11-9-16-6-4-3-5-7-16/h3-8,10,12,18-19,21H,9,11,13,20H2,1-2H3. The number of nitrogens with two attached hydrogens (primary N) is 1. The van der Waals surface area contributed by atoms with E-state index in [0.717, 1.165) is 18.4 Å². The molecule has 21 heavy (non-hydrogen) atoms. The molecule has 2 aromatic carbocycles. The Morgan fingerprint density at radius 3 is 2.33 bits per heavy atom. The molecule has 0 heterocycles. The number of benzene rings is 2. The number of aliphatic hydroxyl groups is 1. The minimum Gasteiger partial charge on any atom is -0.392 e. The first-order valence-electron chi connectivity index (χ1n) is 7.61. The van der Waals surface area contributed by atoms with Crippen LogP contribution in [0.3, 0.4) is 0 Å². The summed E-state index contributed by atoms with van der Waals surface area (Å²) in [6, 6.07) is 16.6. The third kappa shape index (κ3) is 4.16. The number of aryl methyl sites for hydroxylation is 3. The molecule has 0 bridgehead atoms. The van der Waals surface area contributed by atoms with E-state index in [2.05, 4.69) is 44.2 Å². The van der Waals surface area contributed by atoms with Gasteiger partial charge in [-0.05, 0) is 48.9 Å². The van der Waals surface area contributed by atoms with Gasteiger partial charge in [0.1, 0.15) is 0 Å². The van der Waals surface area contributed by atoms with Crippen LogP contribution in [0.4, 0.5) is 0 Å². The third-order valence-corrected chi connectivity index (χ3v) is 4.25. The van der Waals surface area contributed by atoms with Crippen molar-refractivity contribution in [2.45, 2.75) is 38.7 Å². The molecule has 0 aromatic heterocycles. The van der Waals surface area contributed by atoms with Gasteiger partial charge in [-0.2, -0.15) is 0 Å². The van der Waals surface area contributed by atoms with E-state index < -0.39 is 6.10 Å². The summed E-state index contributed by atoms with van der Waals surface area (Å²) in [6.45, 7) is 4.67. The molecule has 3 N–H and O–H groups in total. The van der Waals surface area contributed by atoms with Crippen molar-refractivity contribution >= 4 is 0 Å². The molecule has 2 heteroatoms. The van der Waals surface area contributed by atoms with Crippen LogP contribution < -0.4 is 5.73 Å². The van der Waals surface area contributed by atoms with E-state index in [4.69, 9.17) is 5.73 Å². The minimum absolute atomic E-state index is 0.00742. The normalized spacial score (nSPS) is 13.9. The molecule has 0 saturated heterocycles. The highest BCUT2D eigenvalue weighted by atomic mass is 16.3. The summed E-state index contributed by atoms with van der Waals surface area (Å²) in [6.07, 6.45) is 1.21. The Balaban J connectivity index is 2.04. The lowest BCUT2D eigenvalue weighted by atomic mass is 9.88. The molecule has 2 rings (SSSR count). The monoisotopic (exact) mass is 283 g/mol. The smallest absolute Gasteiger partial charge is 0.0624 e. The van der Waals surface area contributed by atoms with E-state index in [0.29, 0.717) is 6.54 Å². The Morgan fingerprint density at radius 2 is 1.71 bits per heavy atom. The number of aliphatic hydroxyl groups excluding tert-OH is 1. The van der Waals surface area contributed by atoms with Crippen LogP contribution in [0.5, 0.6) is 0 Å². The Morgan fingerprint density at radius 1 is 1.00 bits per heavy atom. The predicted octanol–water partition coefficient (Wildman–Crippen LogP) is 3.34. The van der Waals surface area contributed by atoms with Crippen molar-refractivity contribution in [1.82, 2.24) is 0 Å². The van der Waals surface area contributed by atoms with E-state index in [1.807, 2.05) is 18.2 Å². The maximum Gasteiger partial charge on any atom is 0.0624 e. The fourth-order valence-corrected chi connectivity index (χ4v) is 2.67. The first-order valence-corrected chi connectivity index (χ1v) is 7.61. The quantitative estimate of drug-likeness (QED) is 0.854. The third-order valence-electron chi connectivity index (χ3n) is 4.25. The summed E-state index contributed by atoms with van der Waals surface area (Å²) >= 11 is 0. The molecule has 0 aliphatic heterocycles. The maximum absolute atomic E-state index is 10.5. The zero-order valence-corrected chi connectivity index (χ0v) is 12.9. The van der Waals surface area contributed by atoms with Gasteiger partial charge < -0.3 is 10.8 Å². The zero-order chi connectivity index (χ0) is 15.2. The Bertz CT molecular complexity index is 565. The first-order chi connectivity index (χ1) is 10.1. The van der Waals surface area contributed by atoms with Gasteiger partial charge in [-0.1, -0.05) is 48.5 Å². The lowest BCUT2D eigenvalue weighted by Gasteiger charge is -2.22. The molecule has 2 unspecified atom stereocenters. The largest absolute Gasteiger partial charge is 0.392 e. The van der Waals surface area contributed by atoms with Crippen LogP contribution >= 0.6 is 0 Å². The predicted molar refractivity (Wildman–Crippen MR) is 88.5 cm³/mol. The number of hydrogen-bond acceptors (Lipinski definition) is 2. The molecular weight excluding hydrogens is 258 g/mol. The van der Waals surface area contributed by atoms with Crippen molar-refractivity contribution in [3.63, 3.8) is 0 Å². The lowest BCUT2D eigenvalue weighted by molar-refractivity contribution is 0.136. The molecule has 0 fully saturated rings. The maximum atomic E-state index is 10.5. The summed E-state index contributed by atoms with van der Waals surface area (Å²) in [5.41, 5.74) is 10.8. The van der Waals surface area contributed by atoms with Crippen LogP contribution in [0, 0.1) is 13.8 Å². The summed E-state index contributed by atoms with van der Waals surface area (Å²) < 4.78 is 0. The Labute approximate surface area is 127 Å². The second kappa shape index (κ2) is 7.39. The van der Waals surface area contributed by atoms with E-state index in [1.165, 1.54) is 16.7 Å². The van der Waals surface area contributed by atoms with E-state index in [1.54, 1.807) is 0 Å². The topological polar surface area (TPSA) is 46.2 Å². The van der Waals surface area contributed by atoms with Crippen LogP contribution in [-0.2, 0) is 6.42 Å². The molecule has 0 radical (unpaired) electrons. The first kappa shape index (κ1) is 15.7. The summed E-state index contributed by atoms with van der Waals surface area (Å²) in [7, 11) is 0. The molecule has 0 aliphatic rings. The van der Waals surface area contributed by atoms with E-state index in [-0.39, 0.29) is 5.92 Å². The van der Waals surface area contributed by atoms with Crippen molar-refractivity contribution in [3.8, 4) is 0 Å². The zero-order valence-electron chi connectivity index (χ0n) is 12.9. The van der Waals surface area contributed by atoms with Gasteiger partial charge >= 0.3 is 0 Å². The highest BCUT2D eigenvalue weighted by Gasteiger charge is 2.20. The molecule has 2 atom stereocenters. The summed E-state index contributed by atoms with van der Waals surface area (Å²) in [5, 5.41) is 10.5. The highest BCUT2D eigenvalue weighted by Crippen LogP contribution is 2.24. The van der Waals surface area contributed by atoms with Crippen molar-refractivity contribution in [2.24, 2.45) is 5.73 Å². The van der Waals surface area contributed by atoms with Gasteiger partial charge in [0.2, 0.25) is 0 Å². The molecular formula is C19H25NO. The molecule has 0 aliphatic carbocycles. The fraction of sp³-hybridized carbons (Fsp3) is 0.368. The van der Waals surface area contributed by atoms with Crippen LogP contribution in [-0.4, -0.2) is 17.8 Å². The second-order valence-corrected chi connectivity index (χ2v) is 5.78. The van der Waals surface area contributed by atoms with Gasteiger partial charge in [0, 0.05) is 12.5 Å². The van der Waals surface area contributed by atoms with E-state index >= 15 is 0 Å². The van der Waals surface area contributed by atoms with Crippen molar-refractivity contribution in [1.29, 1.82) is 0 Å². The average Bonchev–Trinajstić information content (AvgIpc) is 2.50. The molecule has 0 spiro atoms. The molecule has 0 saturated carbocycles. The molecule has 0 amide bonds. The number of hydrogen-bond donors (Lipinski definition) is 2. The summed E-state index contributed by atoms with van der Waals surface area (Å²) in [4.78, 5) is 0. The average molecular weight is 283 g/mol. The second-order valence-electron chi connectivity index (χ2n) is 5.78. The van der Waals surface area contributed by atoms with Crippen LogP contribution in [0.1, 0.15) is 34.6 Å². The fourth-order valence-electron chi connectivity index (χ4n) is 2.67. The van der Waals surface area contributed by atoms with Crippen molar-refractivity contribution in [2.75, 3.05) is 6.54 Å². The molecule has 2 nitrogen and oxygen atoms in total. The molecule has 112 valence electrons.